The molecule has 0 aliphatic heterocycles. The van der Waals surface area contributed by atoms with Gasteiger partial charge in [-0.25, -0.2) is 9.97 Å². The zero-order valence-corrected chi connectivity index (χ0v) is 11.5. The summed E-state index contributed by atoms with van der Waals surface area (Å²) in [6.45, 7) is 4.10. The molecule has 0 saturated heterocycles. The van der Waals surface area contributed by atoms with Crippen LogP contribution in [0.2, 0.25) is 0 Å². The second-order valence-corrected chi connectivity index (χ2v) is 4.58. The van der Waals surface area contributed by atoms with Crippen LogP contribution >= 0.6 is 15.9 Å². The molecule has 90 valence electrons. The van der Waals surface area contributed by atoms with E-state index in [0.717, 1.165) is 28.8 Å². The van der Waals surface area contributed by atoms with E-state index in [1.807, 2.05) is 6.92 Å². The van der Waals surface area contributed by atoms with Crippen molar-refractivity contribution in [1.82, 2.24) is 9.97 Å². The lowest BCUT2D eigenvalue weighted by Crippen LogP contribution is -2.14. The molecular formula is C11H18BrN3O. The fourth-order valence-corrected chi connectivity index (χ4v) is 1.78. The van der Waals surface area contributed by atoms with Crippen molar-refractivity contribution in [3.8, 4) is 0 Å². The molecule has 5 heteroatoms. The lowest BCUT2D eigenvalue weighted by molar-refractivity contribution is 0.117. The molecule has 0 aliphatic rings. The Kier molecular flexibility index (Phi) is 5.15. The maximum absolute atomic E-state index is 5.83. The zero-order valence-electron chi connectivity index (χ0n) is 9.96. The SMILES string of the molecule is CCCc1nc(CC(C)OC)nc(N)c1Br. The van der Waals surface area contributed by atoms with Crippen LogP contribution in [0.15, 0.2) is 4.47 Å². The summed E-state index contributed by atoms with van der Waals surface area (Å²) in [6.07, 6.45) is 2.73. The zero-order chi connectivity index (χ0) is 12.1. The summed E-state index contributed by atoms with van der Waals surface area (Å²) in [5, 5.41) is 0. The number of rotatable bonds is 5. The van der Waals surface area contributed by atoms with Gasteiger partial charge in [0.2, 0.25) is 0 Å². The molecule has 1 heterocycles. The molecule has 0 amide bonds. The van der Waals surface area contributed by atoms with Crippen LogP contribution in [0.3, 0.4) is 0 Å². The molecule has 0 aromatic carbocycles. The van der Waals surface area contributed by atoms with E-state index < -0.39 is 0 Å². The Morgan fingerprint density at radius 1 is 1.44 bits per heavy atom. The highest BCUT2D eigenvalue weighted by molar-refractivity contribution is 9.10. The molecule has 1 aromatic heterocycles. The van der Waals surface area contributed by atoms with E-state index in [1.54, 1.807) is 7.11 Å². The lowest BCUT2D eigenvalue weighted by atomic mass is 10.2. The minimum Gasteiger partial charge on any atom is -0.383 e. The predicted molar refractivity (Wildman–Crippen MR) is 68.3 cm³/mol. The summed E-state index contributed by atoms with van der Waals surface area (Å²) in [6, 6.07) is 0. The first-order valence-electron chi connectivity index (χ1n) is 5.42. The quantitative estimate of drug-likeness (QED) is 0.903. The third-order valence-electron chi connectivity index (χ3n) is 2.35. The van der Waals surface area contributed by atoms with Crippen molar-refractivity contribution in [2.75, 3.05) is 12.8 Å². The summed E-state index contributed by atoms with van der Waals surface area (Å²) in [5.74, 6) is 1.26. The first-order valence-corrected chi connectivity index (χ1v) is 6.21. The Hall–Kier alpha value is -0.680. The van der Waals surface area contributed by atoms with Gasteiger partial charge in [-0.1, -0.05) is 13.3 Å². The third-order valence-corrected chi connectivity index (χ3v) is 3.21. The van der Waals surface area contributed by atoms with E-state index in [9.17, 15) is 0 Å². The number of nitrogen functional groups attached to an aromatic ring is 1. The summed E-state index contributed by atoms with van der Waals surface area (Å²) in [5.41, 5.74) is 6.81. The van der Waals surface area contributed by atoms with E-state index in [2.05, 4.69) is 32.8 Å². The number of aromatic nitrogens is 2. The number of ether oxygens (including phenoxy) is 1. The average molecular weight is 288 g/mol. The highest BCUT2D eigenvalue weighted by Gasteiger charge is 2.11. The van der Waals surface area contributed by atoms with Gasteiger partial charge < -0.3 is 10.5 Å². The number of hydrogen-bond acceptors (Lipinski definition) is 4. The van der Waals surface area contributed by atoms with E-state index in [-0.39, 0.29) is 6.10 Å². The highest BCUT2D eigenvalue weighted by Crippen LogP contribution is 2.22. The van der Waals surface area contributed by atoms with Crippen molar-refractivity contribution in [3.05, 3.63) is 16.0 Å². The average Bonchev–Trinajstić information content (AvgIpc) is 2.25. The lowest BCUT2D eigenvalue weighted by Gasteiger charge is -2.11. The number of methoxy groups -OCH3 is 1. The summed E-state index contributed by atoms with van der Waals surface area (Å²) in [7, 11) is 1.68. The Balaban J connectivity index is 2.94. The van der Waals surface area contributed by atoms with Gasteiger partial charge >= 0.3 is 0 Å². The predicted octanol–water partition coefficient (Wildman–Crippen LogP) is 2.35. The molecule has 0 radical (unpaired) electrons. The van der Waals surface area contributed by atoms with Gasteiger partial charge in [0.05, 0.1) is 16.3 Å². The number of nitrogens with two attached hydrogens (primary N) is 1. The molecule has 0 bridgehead atoms. The molecule has 0 saturated carbocycles. The van der Waals surface area contributed by atoms with E-state index in [1.165, 1.54) is 0 Å². The third kappa shape index (κ3) is 3.42. The van der Waals surface area contributed by atoms with Crippen LogP contribution in [0.4, 0.5) is 5.82 Å². The van der Waals surface area contributed by atoms with Gasteiger partial charge in [-0.3, -0.25) is 0 Å². The number of nitrogens with zero attached hydrogens (tertiary/aromatic N) is 2. The smallest absolute Gasteiger partial charge is 0.141 e. The topological polar surface area (TPSA) is 61.0 Å². The Bertz CT molecular complexity index is 357. The van der Waals surface area contributed by atoms with Crippen LogP contribution in [0.5, 0.6) is 0 Å². The van der Waals surface area contributed by atoms with Gasteiger partial charge in [-0.2, -0.15) is 0 Å². The standard InChI is InChI=1S/C11H18BrN3O/c1-4-5-8-10(12)11(13)15-9(14-8)6-7(2)16-3/h7H,4-6H2,1-3H3,(H2,13,14,15). The van der Waals surface area contributed by atoms with Gasteiger partial charge in [-0.05, 0) is 29.3 Å². The van der Waals surface area contributed by atoms with E-state index >= 15 is 0 Å². The van der Waals surface area contributed by atoms with Crippen LogP contribution < -0.4 is 5.73 Å². The van der Waals surface area contributed by atoms with Gasteiger partial charge in [0.25, 0.3) is 0 Å². The second-order valence-electron chi connectivity index (χ2n) is 3.79. The maximum atomic E-state index is 5.83. The van der Waals surface area contributed by atoms with Crippen molar-refractivity contribution >= 4 is 21.7 Å². The normalized spacial score (nSPS) is 12.8. The fourth-order valence-electron chi connectivity index (χ4n) is 1.40. The van der Waals surface area contributed by atoms with Crippen LogP contribution in [-0.2, 0) is 17.6 Å². The first-order chi connectivity index (χ1) is 7.58. The molecule has 1 aromatic rings. The first kappa shape index (κ1) is 13.4. The van der Waals surface area contributed by atoms with Crippen LogP contribution in [-0.4, -0.2) is 23.2 Å². The van der Waals surface area contributed by atoms with Crippen molar-refractivity contribution in [2.24, 2.45) is 0 Å². The van der Waals surface area contributed by atoms with Crippen LogP contribution in [0, 0.1) is 0 Å². The Labute approximate surface area is 105 Å². The molecule has 1 unspecified atom stereocenters. The van der Waals surface area contributed by atoms with Gasteiger partial charge in [-0.15, -0.1) is 0 Å². The van der Waals surface area contributed by atoms with Gasteiger partial charge in [0.15, 0.2) is 0 Å². The van der Waals surface area contributed by atoms with Crippen LogP contribution in [0.25, 0.3) is 0 Å². The number of halogens is 1. The summed E-state index contributed by atoms with van der Waals surface area (Å²) in [4.78, 5) is 8.74. The largest absolute Gasteiger partial charge is 0.383 e. The molecule has 0 aliphatic carbocycles. The Morgan fingerprint density at radius 2 is 2.12 bits per heavy atom. The highest BCUT2D eigenvalue weighted by atomic mass is 79.9. The minimum absolute atomic E-state index is 0.107. The number of anilines is 1. The molecular weight excluding hydrogens is 270 g/mol. The van der Waals surface area contributed by atoms with Crippen molar-refractivity contribution in [2.45, 2.75) is 39.2 Å². The number of aryl methyl sites for hydroxylation is 1. The van der Waals surface area contributed by atoms with E-state index in [0.29, 0.717) is 12.2 Å². The number of hydrogen-bond donors (Lipinski definition) is 1. The van der Waals surface area contributed by atoms with Gasteiger partial charge in [0.1, 0.15) is 11.6 Å². The summed E-state index contributed by atoms with van der Waals surface area (Å²) >= 11 is 3.42. The maximum Gasteiger partial charge on any atom is 0.141 e. The Morgan fingerprint density at radius 3 is 2.69 bits per heavy atom. The minimum atomic E-state index is 0.107. The monoisotopic (exact) mass is 287 g/mol. The second kappa shape index (κ2) is 6.15. The molecule has 16 heavy (non-hydrogen) atoms. The van der Waals surface area contributed by atoms with Crippen molar-refractivity contribution in [3.63, 3.8) is 0 Å². The van der Waals surface area contributed by atoms with Crippen LogP contribution in [0.1, 0.15) is 31.8 Å². The molecule has 2 N–H and O–H groups in total. The van der Waals surface area contributed by atoms with Crippen molar-refractivity contribution < 1.29 is 4.74 Å². The van der Waals surface area contributed by atoms with E-state index in [4.69, 9.17) is 10.5 Å². The van der Waals surface area contributed by atoms with Gasteiger partial charge in [0, 0.05) is 13.5 Å². The molecule has 1 atom stereocenters. The molecule has 1 rings (SSSR count). The molecule has 0 spiro atoms. The van der Waals surface area contributed by atoms with Crippen molar-refractivity contribution in [1.29, 1.82) is 0 Å². The fraction of sp³-hybridized carbons (Fsp3) is 0.636. The molecule has 0 fully saturated rings. The summed E-state index contributed by atoms with van der Waals surface area (Å²) < 4.78 is 6.01. The molecule has 4 nitrogen and oxygen atoms in total.